The molecular weight excluding hydrogens is 474 g/mol. The maximum Gasteiger partial charge on any atom is 0.264 e. The summed E-state index contributed by atoms with van der Waals surface area (Å²) in [4.78, 5) is 28.1. The molecule has 1 N–H and O–H groups in total. The number of amides is 2. The quantitative estimate of drug-likeness (QED) is 0.372. The van der Waals surface area contributed by atoms with Crippen LogP contribution < -0.4 is 9.62 Å². The van der Waals surface area contributed by atoms with E-state index in [0.717, 1.165) is 22.7 Å². The zero-order valence-electron chi connectivity index (χ0n) is 20.7. The number of sulfonamides is 1. The maximum absolute atomic E-state index is 13.7. The van der Waals surface area contributed by atoms with Crippen molar-refractivity contribution in [3.63, 3.8) is 0 Å². The molecule has 190 valence electrons. The largest absolute Gasteiger partial charge is 0.354 e. The Morgan fingerprint density at radius 3 is 2.00 bits per heavy atom. The van der Waals surface area contributed by atoms with Crippen molar-refractivity contribution in [2.24, 2.45) is 0 Å². The fraction of sp³-hybridized carbons (Fsp3) is 0.286. The Labute approximate surface area is 213 Å². The lowest BCUT2D eigenvalue weighted by Crippen LogP contribution is -2.51. The summed E-state index contributed by atoms with van der Waals surface area (Å²) in [7, 11) is -4.03. The number of para-hydroxylation sites is 1. The lowest BCUT2D eigenvalue weighted by molar-refractivity contribution is -0.139. The fourth-order valence-electron chi connectivity index (χ4n) is 3.74. The van der Waals surface area contributed by atoms with Gasteiger partial charge in [0.2, 0.25) is 11.8 Å². The van der Waals surface area contributed by atoms with Gasteiger partial charge in [-0.1, -0.05) is 80.1 Å². The standard InChI is InChI=1S/C28H33N3O4S/c1-3-4-20-29-28(33)23(2)30(21-24-14-8-5-9-15-24)27(32)22-31(25-16-10-6-11-17-25)36(34,35)26-18-12-7-13-19-26/h5-19,23H,3-4,20-22H2,1-2H3,(H,29,33)/t23-/m1/s1. The van der Waals surface area contributed by atoms with E-state index in [9.17, 15) is 18.0 Å². The molecule has 0 aliphatic heterocycles. The van der Waals surface area contributed by atoms with Gasteiger partial charge in [-0.25, -0.2) is 8.42 Å². The number of nitrogens with zero attached hydrogens (tertiary/aromatic N) is 2. The van der Waals surface area contributed by atoms with Crippen molar-refractivity contribution in [2.75, 3.05) is 17.4 Å². The molecule has 3 rings (SSSR count). The molecule has 3 aromatic rings. The monoisotopic (exact) mass is 507 g/mol. The van der Waals surface area contributed by atoms with Gasteiger partial charge < -0.3 is 10.2 Å². The van der Waals surface area contributed by atoms with Crippen molar-refractivity contribution in [1.82, 2.24) is 10.2 Å². The molecule has 7 nitrogen and oxygen atoms in total. The molecule has 2 amide bonds. The second-order valence-electron chi connectivity index (χ2n) is 8.49. The number of hydrogen-bond acceptors (Lipinski definition) is 4. The highest BCUT2D eigenvalue weighted by atomic mass is 32.2. The molecule has 0 saturated carbocycles. The van der Waals surface area contributed by atoms with Gasteiger partial charge in [-0.05, 0) is 43.2 Å². The minimum atomic E-state index is -4.03. The van der Waals surface area contributed by atoms with Gasteiger partial charge in [-0.3, -0.25) is 13.9 Å². The molecule has 3 aromatic carbocycles. The number of rotatable bonds is 12. The SMILES string of the molecule is CCCCNC(=O)[C@@H](C)N(Cc1ccccc1)C(=O)CN(c1ccccc1)S(=O)(=O)c1ccccc1. The zero-order valence-corrected chi connectivity index (χ0v) is 21.5. The molecule has 0 saturated heterocycles. The van der Waals surface area contributed by atoms with Crippen molar-refractivity contribution in [1.29, 1.82) is 0 Å². The molecule has 0 spiro atoms. The predicted octanol–water partition coefficient (Wildman–Crippen LogP) is 4.22. The van der Waals surface area contributed by atoms with Crippen molar-refractivity contribution in [3.8, 4) is 0 Å². The van der Waals surface area contributed by atoms with Crippen LogP contribution in [-0.2, 0) is 26.2 Å². The first-order chi connectivity index (χ1) is 17.3. The third kappa shape index (κ3) is 6.95. The van der Waals surface area contributed by atoms with Crippen LogP contribution >= 0.6 is 0 Å². The summed E-state index contributed by atoms with van der Waals surface area (Å²) in [6, 6.07) is 25.1. The molecule has 1 atom stereocenters. The number of benzene rings is 3. The van der Waals surface area contributed by atoms with Crippen LogP contribution in [0.5, 0.6) is 0 Å². The van der Waals surface area contributed by atoms with Crippen molar-refractivity contribution < 1.29 is 18.0 Å². The zero-order chi connectivity index (χ0) is 26.0. The van der Waals surface area contributed by atoms with Crippen LogP contribution in [0.2, 0.25) is 0 Å². The molecule has 36 heavy (non-hydrogen) atoms. The van der Waals surface area contributed by atoms with E-state index in [0.29, 0.717) is 12.2 Å². The first-order valence-corrected chi connectivity index (χ1v) is 13.5. The van der Waals surface area contributed by atoms with Gasteiger partial charge in [0.1, 0.15) is 12.6 Å². The summed E-state index contributed by atoms with van der Waals surface area (Å²) >= 11 is 0. The van der Waals surface area contributed by atoms with Crippen LogP contribution in [0.1, 0.15) is 32.3 Å². The number of nitrogens with one attached hydrogen (secondary N) is 1. The highest BCUT2D eigenvalue weighted by Crippen LogP contribution is 2.24. The first-order valence-electron chi connectivity index (χ1n) is 12.1. The number of unbranched alkanes of at least 4 members (excludes halogenated alkanes) is 1. The molecule has 8 heteroatoms. The second-order valence-corrected chi connectivity index (χ2v) is 10.4. The molecule has 0 unspecified atom stereocenters. The van der Waals surface area contributed by atoms with Crippen LogP contribution in [0, 0.1) is 0 Å². The number of carbonyl (C=O) groups is 2. The van der Waals surface area contributed by atoms with E-state index in [2.05, 4.69) is 5.32 Å². The van der Waals surface area contributed by atoms with Crippen molar-refractivity contribution in [3.05, 3.63) is 96.6 Å². The Hall–Kier alpha value is -3.65. The highest BCUT2D eigenvalue weighted by molar-refractivity contribution is 7.92. The van der Waals surface area contributed by atoms with Gasteiger partial charge in [0.15, 0.2) is 0 Å². The van der Waals surface area contributed by atoms with E-state index in [4.69, 9.17) is 0 Å². The Morgan fingerprint density at radius 2 is 1.42 bits per heavy atom. The topological polar surface area (TPSA) is 86.8 Å². The predicted molar refractivity (Wildman–Crippen MR) is 142 cm³/mol. The van der Waals surface area contributed by atoms with Crippen LogP contribution in [0.25, 0.3) is 0 Å². The minimum Gasteiger partial charge on any atom is -0.354 e. The fourth-order valence-corrected chi connectivity index (χ4v) is 5.18. The van der Waals surface area contributed by atoms with Crippen LogP contribution in [0.15, 0.2) is 95.9 Å². The Bertz CT molecular complexity index is 1220. The van der Waals surface area contributed by atoms with Gasteiger partial charge in [-0.2, -0.15) is 0 Å². The lowest BCUT2D eigenvalue weighted by Gasteiger charge is -2.32. The molecule has 0 heterocycles. The molecule has 0 bridgehead atoms. The van der Waals surface area contributed by atoms with E-state index >= 15 is 0 Å². The Kier molecular flexibility index (Phi) is 9.64. The van der Waals surface area contributed by atoms with E-state index in [1.165, 1.54) is 17.0 Å². The Balaban J connectivity index is 1.94. The van der Waals surface area contributed by atoms with Crippen molar-refractivity contribution in [2.45, 2.75) is 44.2 Å². The summed E-state index contributed by atoms with van der Waals surface area (Å²) in [6.07, 6.45) is 1.77. The Morgan fingerprint density at radius 1 is 0.861 bits per heavy atom. The lowest BCUT2D eigenvalue weighted by atomic mass is 10.1. The third-order valence-electron chi connectivity index (χ3n) is 5.85. The van der Waals surface area contributed by atoms with Crippen LogP contribution in [0.3, 0.4) is 0 Å². The third-order valence-corrected chi connectivity index (χ3v) is 7.63. The molecule has 0 aliphatic carbocycles. The first kappa shape index (κ1) is 26.9. The van der Waals surface area contributed by atoms with E-state index in [1.54, 1.807) is 55.5 Å². The highest BCUT2D eigenvalue weighted by Gasteiger charge is 2.32. The van der Waals surface area contributed by atoms with Gasteiger partial charge in [0.25, 0.3) is 10.0 Å². The van der Waals surface area contributed by atoms with Crippen LogP contribution in [0.4, 0.5) is 5.69 Å². The minimum absolute atomic E-state index is 0.0848. The van der Waals surface area contributed by atoms with Gasteiger partial charge in [0, 0.05) is 13.1 Å². The summed E-state index contributed by atoms with van der Waals surface area (Å²) in [5.41, 5.74) is 1.21. The van der Waals surface area contributed by atoms with E-state index in [-0.39, 0.29) is 17.3 Å². The average Bonchev–Trinajstić information content (AvgIpc) is 2.91. The number of anilines is 1. The smallest absolute Gasteiger partial charge is 0.264 e. The maximum atomic E-state index is 13.7. The van der Waals surface area contributed by atoms with E-state index in [1.807, 2.05) is 37.3 Å². The summed E-state index contributed by atoms with van der Waals surface area (Å²) in [5, 5.41) is 2.88. The number of carbonyl (C=O) groups excluding carboxylic acids is 2. The summed E-state index contributed by atoms with van der Waals surface area (Å²) < 4.78 is 28.3. The van der Waals surface area contributed by atoms with E-state index < -0.39 is 28.5 Å². The molecule has 0 fully saturated rings. The average molecular weight is 508 g/mol. The summed E-state index contributed by atoms with van der Waals surface area (Å²) in [5.74, 6) is -0.745. The molecule has 0 aromatic heterocycles. The van der Waals surface area contributed by atoms with Gasteiger partial charge in [-0.15, -0.1) is 0 Å². The van der Waals surface area contributed by atoms with Gasteiger partial charge in [0.05, 0.1) is 10.6 Å². The normalized spacial score (nSPS) is 11.9. The number of hydrogen-bond donors (Lipinski definition) is 1. The second kappa shape index (κ2) is 12.9. The molecular formula is C28H33N3O4S. The van der Waals surface area contributed by atoms with Crippen molar-refractivity contribution >= 4 is 27.5 Å². The molecule has 0 radical (unpaired) electrons. The summed E-state index contributed by atoms with van der Waals surface area (Å²) in [6.45, 7) is 3.95. The molecule has 0 aliphatic rings. The van der Waals surface area contributed by atoms with Crippen LogP contribution in [-0.4, -0.2) is 44.3 Å². The van der Waals surface area contributed by atoms with Gasteiger partial charge >= 0.3 is 0 Å².